The summed E-state index contributed by atoms with van der Waals surface area (Å²) >= 11 is 5.50. The van der Waals surface area contributed by atoms with E-state index in [1.807, 2.05) is 0 Å². The van der Waals surface area contributed by atoms with Crippen LogP contribution in [0, 0.1) is 0 Å². The highest BCUT2D eigenvalue weighted by atomic mass is 35.5. The number of benzene rings is 1. The lowest BCUT2D eigenvalue weighted by molar-refractivity contribution is -0.116. The molecule has 1 rings (SSSR count). The molecule has 0 saturated heterocycles. The van der Waals surface area contributed by atoms with Crippen molar-refractivity contribution in [3.8, 4) is 0 Å². The van der Waals surface area contributed by atoms with Crippen LogP contribution in [0.5, 0.6) is 0 Å². The van der Waals surface area contributed by atoms with Gasteiger partial charge in [-0.1, -0.05) is 6.07 Å². The van der Waals surface area contributed by atoms with E-state index < -0.39 is 10.0 Å². The number of carbonyl (C=O) groups excluding carboxylic acids is 1. The van der Waals surface area contributed by atoms with Crippen LogP contribution < -0.4 is 5.32 Å². The Bertz CT molecular complexity index is 544. The van der Waals surface area contributed by atoms with Gasteiger partial charge in [0, 0.05) is 32.1 Å². The van der Waals surface area contributed by atoms with Gasteiger partial charge in [-0.3, -0.25) is 4.79 Å². The summed E-state index contributed by atoms with van der Waals surface area (Å²) in [5, 5.41) is 2.65. The molecule has 19 heavy (non-hydrogen) atoms. The Morgan fingerprint density at radius 1 is 1.37 bits per heavy atom. The molecule has 0 spiro atoms. The van der Waals surface area contributed by atoms with Gasteiger partial charge in [0.2, 0.25) is 15.9 Å². The summed E-state index contributed by atoms with van der Waals surface area (Å²) in [6, 6.07) is 6.17. The van der Waals surface area contributed by atoms with Gasteiger partial charge in [-0.2, -0.15) is 0 Å². The second-order valence-corrected chi connectivity index (χ2v) is 6.69. The summed E-state index contributed by atoms with van der Waals surface area (Å²) in [5.41, 5.74) is 0.461. The highest BCUT2D eigenvalue weighted by molar-refractivity contribution is 7.89. The summed E-state index contributed by atoms with van der Waals surface area (Å²) in [4.78, 5) is 11.7. The van der Waals surface area contributed by atoms with Crippen molar-refractivity contribution >= 4 is 33.2 Å². The van der Waals surface area contributed by atoms with Crippen molar-refractivity contribution in [2.75, 3.05) is 25.3 Å². The zero-order valence-electron chi connectivity index (χ0n) is 10.9. The van der Waals surface area contributed by atoms with Gasteiger partial charge in [0.25, 0.3) is 0 Å². The summed E-state index contributed by atoms with van der Waals surface area (Å²) in [5.74, 6) is 0.239. The van der Waals surface area contributed by atoms with E-state index in [4.69, 9.17) is 11.6 Å². The topological polar surface area (TPSA) is 66.5 Å². The number of rotatable bonds is 6. The van der Waals surface area contributed by atoms with Crippen molar-refractivity contribution in [2.24, 2.45) is 0 Å². The lowest BCUT2D eigenvalue weighted by Crippen LogP contribution is -2.22. The number of nitrogens with one attached hydrogen (secondary N) is 1. The monoisotopic (exact) mass is 304 g/mol. The number of nitrogens with zero attached hydrogens (tertiary/aromatic N) is 1. The average Bonchev–Trinajstić information content (AvgIpc) is 2.36. The molecule has 0 saturated carbocycles. The number of hydrogen-bond donors (Lipinski definition) is 1. The zero-order chi connectivity index (χ0) is 14.5. The fourth-order valence-corrected chi connectivity index (χ4v) is 2.48. The molecule has 0 aromatic heterocycles. The first-order chi connectivity index (χ1) is 8.87. The Kier molecular flexibility index (Phi) is 5.78. The Hall–Kier alpha value is -1.11. The van der Waals surface area contributed by atoms with Gasteiger partial charge < -0.3 is 5.32 Å². The molecule has 0 heterocycles. The van der Waals surface area contributed by atoms with E-state index in [-0.39, 0.29) is 10.8 Å². The van der Waals surface area contributed by atoms with Gasteiger partial charge in [0.15, 0.2) is 0 Å². The van der Waals surface area contributed by atoms with E-state index in [9.17, 15) is 13.2 Å². The van der Waals surface area contributed by atoms with Crippen LogP contribution in [-0.4, -0.2) is 38.6 Å². The van der Waals surface area contributed by atoms with E-state index in [0.29, 0.717) is 24.4 Å². The van der Waals surface area contributed by atoms with Crippen molar-refractivity contribution in [3.05, 3.63) is 24.3 Å². The van der Waals surface area contributed by atoms with E-state index in [1.165, 1.54) is 26.2 Å². The van der Waals surface area contributed by atoms with E-state index in [2.05, 4.69) is 5.32 Å². The predicted octanol–water partition coefficient (Wildman–Crippen LogP) is 1.89. The van der Waals surface area contributed by atoms with Crippen LogP contribution >= 0.6 is 11.6 Å². The third kappa shape index (κ3) is 4.49. The maximum Gasteiger partial charge on any atom is 0.242 e. The largest absolute Gasteiger partial charge is 0.326 e. The fourth-order valence-electron chi connectivity index (χ4n) is 1.40. The van der Waals surface area contributed by atoms with Crippen molar-refractivity contribution in [1.82, 2.24) is 4.31 Å². The standard InChI is InChI=1S/C12H17ClN2O3S/c1-15(2)19(17,18)11-6-3-5-10(9-11)14-12(16)7-4-8-13/h3,5-6,9H,4,7-8H2,1-2H3,(H,14,16). The second kappa shape index (κ2) is 6.88. The van der Waals surface area contributed by atoms with Crippen molar-refractivity contribution in [2.45, 2.75) is 17.7 Å². The molecular formula is C12H17ClN2O3S. The van der Waals surface area contributed by atoms with Crippen molar-refractivity contribution in [1.29, 1.82) is 0 Å². The van der Waals surface area contributed by atoms with Gasteiger partial charge in [0.1, 0.15) is 0 Å². The Morgan fingerprint density at radius 2 is 2.05 bits per heavy atom. The van der Waals surface area contributed by atoms with E-state index in [0.717, 1.165) is 4.31 Å². The zero-order valence-corrected chi connectivity index (χ0v) is 12.5. The quantitative estimate of drug-likeness (QED) is 0.816. The predicted molar refractivity (Wildman–Crippen MR) is 75.9 cm³/mol. The summed E-state index contributed by atoms with van der Waals surface area (Å²) in [7, 11) is -0.572. The van der Waals surface area contributed by atoms with Crippen molar-refractivity contribution in [3.63, 3.8) is 0 Å². The van der Waals surface area contributed by atoms with E-state index >= 15 is 0 Å². The number of halogens is 1. The Labute approximate surface area is 118 Å². The molecule has 1 aromatic rings. The second-order valence-electron chi connectivity index (χ2n) is 4.16. The molecular weight excluding hydrogens is 288 g/mol. The number of hydrogen-bond acceptors (Lipinski definition) is 3. The molecule has 0 atom stereocenters. The molecule has 7 heteroatoms. The van der Waals surface area contributed by atoms with Gasteiger partial charge in [0.05, 0.1) is 4.90 Å². The van der Waals surface area contributed by atoms with Crippen LogP contribution in [0.1, 0.15) is 12.8 Å². The first-order valence-corrected chi connectivity index (χ1v) is 7.74. The van der Waals surface area contributed by atoms with Crippen LogP contribution in [0.2, 0.25) is 0 Å². The molecule has 0 aliphatic rings. The molecule has 0 bridgehead atoms. The molecule has 0 radical (unpaired) electrons. The average molecular weight is 305 g/mol. The lowest BCUT2D eigenvalue weighted by atomic mass is 10.3. The number of carbonyl (C=O) groups is 1. The highest BCUT2D eigenvalue weighted by Crippen LogP contribution is 2.18. The number of alkyl halides is 1. The normalized spacial score (nSPS) is 11.6. The fraction of sp³-hybridized carbons (Fsp3) is 0.417. The summed E-state index contributed by atoms with van der Waals surface area (Å²) in [6.45, 7) is 0. The molecule has 1 N–H and O–H groups in total. The molecule has 5 nitrogen and oxygen atoms in total. The maximum atomic E-state index is 11.9. The molecule has 0 unspecified atom stereocenters. The Balaban J connectivity index is 2.87. The lowest BCUT2D eigenvalue weighted by Gasteiger charge is -2.12. The van der Waals surface area contributed by atoms with E-state index in [1.54, 1.807) is 12.1 Å². The minimum atomic E-state index is -3.49. The van der Waals surface area contributed by atoms with Gasteiger partial charge in [-0.25, -0.2) is 12.7 Å². The minimum Gasteiger partial charge on any atom is -0.326 e. The van der Waals surface area contributed by atoms with Crippen molar-refractivity contribution < 1.29 is 13.2 Å². The molecule has 0 aliphatic heterocycles. The third-order valence-corrected chi connectivity index (χ3v) is 4.51. The summed E-state index contributed by atoms with van der Waals surface area (Å²) in [6.07, 6.45) is 0.900. The maximum absolute atomic E-state index is 11.9. The van der Waals surface area contributed by atoms with Crippen LogP contribution in [-0.2, 0) is 14.8 Å². The van der Waals surface area contributed by atoms with Gasteiger partial charge in [-0.15, -0.1) is 11.6 Å². The SMILES string of the molecule is CN(C)S(=O)(=O)c1cccc(NC(=O)CCCCl)c1. The first kappa shape index (κ1) is 15.9. The summed E-state index contributed by atoms with van der Waals surface area (Å²) < 4.78 is 25.0. The third-order valence-electron chi connectivity index (χ3n) is 2.43. The number of sulfonamides is 1. The van der Waals surface area contributed by atoms with Gasteiger partial charge in [-0.05, 0) is 24.6 Å². The molecule has 0 fully saturated rings. The van der Waals surface area contributed by atoms with Crippen LogP contribution in [0.4, 0.5) is 5.69 Å². The number of anilines is 1. The molecule has 0 aliphatic carbocycles. The minimum absolute atomic E-state index is 0.146. The van der Waals surface area contributed by atoms with Gasteiger partial charge >= 0.3 is 0 Å². The first-order valence-electron chi connectivity index (χ1n) is 5.76. The Morgan fingerprint density at radius 3 is 2.63 bits per heavy atom. The number of amides is 1. The highest BCUT2D eigenvalue weighted by Gasteiger charge is 2.17. The van der Waals surface area contributed by atoms with Crippen LogP contribution in [0.3, 0.4) is 0 Å². The van der Waals surface area contributed by atoms with Crippen LogP contribution in [0.25, 0.3) is 0 Å². The molecule has 106 valence electrons. The smallest absolute Gasteiger partial charge is 0.242 e. The molecule has 1 amide bonds. The molecule has 1 aromatic carbocycles. The van der Waals surface area contributed by atoms with Crippen LogP contribution in [0.15, 0.2) is 29.2 Å².